The first kappa shape index (κ1) is 20.0. The molecule has 0 aliphatic heterocycles. The van der Waals surface area contributed by atoms with Crippen LogP contribution in [0.2, 0.25) is 0 Å². The lowest BCUT2D eigenvalue weighted by Gasteiger charge is -2.28. The van der Waals surface area contributed by atoms with Gasteiger partial charge in [-0.1, -0.05) is 58.0 Å². The highest BCUT2D eigenvalue weighted by atomic mass is 16.6. The standard InChI is InChI=1S/C19H29NO4/c1-6-23-17(21)16(14(2)12-19(3,4)5)20-18(22)24-13-15-10-8-7-9-11-15/h7-11,14,16H,6,12-13H2,1-5H3,(H,20,22)/t14-,16+/m0/s1. The van der Waals surface area contributed by atoms with Gasteiger partial charge in [0.1, 0.15) is 12.6 Å². The summed E-state index contributed by atoms with van der Waals surface area (Å²) >= 11 is 0. The molecule has 1 amide bonds. The summed E-state index contributed by atoms with van der Waals surface area (Å²) < 4.78 is 10.3. The lowest BCUT2D eigenvalue weighted by atomic mass is 9.82. The molecule has 2 atom stereocenters. The van der Waals surface area contributed by atoms with E-state index in [-0.39, 0.29) is 24.5 Å². The zero-order valence-corrected chi connectivity index (χ0v) is 15.3. The number of nitrogens with one attached hydrogen (secondary N) is 1. The van der Waals surface area contributed by atoms with Gasteiger partial charge in [0.2, 0.25) is 0 Å². The topological polar surface area (TPSA) is 64.6 Å². The first-order valence-electron chi connectivity index (χ1n) is 8.37. The highest BCUT2D eigenvalue weighted by Gasteiger charge is 2.31. The quantitative estimate of drug-likeness (QED) is 0.767. The molecule has 0 aromatic heterocycles. The van der Waals surface area contributed by atoms with E-state index in [1.807, 2.05) is 37.3 Å². The summed E-state index contributed by atoms with van der Waals surface area (Å²) in [6.45, 7) is 10.4. The fraction of sp³-hybridized carbons (Fsp3) is 0.579. The number of hydrogen-bond acceptors (Lipinski definition) is 4. The third-order valence-corrected chi connectivity index (χ3v) is 3.53. The van der Waals surface area contributed by atoms with E-state index in [4.69, 9.17) is 9.47 Å². The van der Waals surface area contributed by atoms with Gasteiger partial charge in [0, 0.05) is 0 Å². The molecule has 0 heterocycles. The predicted molar refractivity (Wildman–Crippen MR) is 93.4 cm³/mol. The summed E-state index contributed by atoms with van der Waals surface area (Å²) in [4.78, 5) is 24.3. The van der Waals surface area contributed by atoms with Gasteiger partial charge in [0.25, 0.3) is 0 Å². The first-order chi connectivity index (χ1) is 11.2. The van der Waals surface area contributed by atoms with Crippen molar-refractivity contribution in [3.05, 3.63) is 35.9 Å². The smallest absolute Gasteiger partial charge is 0.408 e. The molecule has 1 rings (SSSR count). The molecule has 0 aliphatic rings. The molecule has 0 radical (unpaired) electrons. The lowest BCUT2D eigenvalue weighted by molar-refractivity contribution is -0.147. The van der Waals surface area contributed by atoms with Crippen LogP contribution in [0.1, 0.15) is 46.6 Å². The van der Waals surface area contributed by atoms with Gasteiger partial charge < -0.3 is 14.8 Å². The SMILES string of the molecule is CCOC(=O)[C@H](NC(=O)OCc1ccccc1)[C@@H](C)CC(C)(C)C. The molecule has 0 fully saturated rings. The number of hydrogen-bond donors (Lipinski definition) is 1. The second kappa shape index (κ2) is 9.30. The van der Waals surface area contributed by atoms with E-state index >= 15 is 0 Å². The number of carbonyl (C=O) groups excluding carboxylic acids is 2. The normalized spacial score (nSPS) is 13.7. The molecule has 1 aromatic carbocycles. The minimum atomic E-state index is -0.715. The maximum Gasteiger partial charge on any atom is 0.408 e. The molecule has 24 heavy (non-hydrogen) atoms. The molecular weight excluding hydrogens is 306 g/mol. The van der Waals surface area contributed by atoms with Crippen molar-refractivity contribution in [2.45, 2.75) is 53.7 Å². The molecule has 0 unspecified atom stereocenters. The second-order valence-electron chi connectivity index (χ2n) is 7.18. The van der Waals surface area contributed by atoms with Crippen LogP contribution in [-0.2, 0) is 20.9 Å². The van der Waals surface area contributed by atoms with Crippen LogP contribution in [-0.4, -0.2) is 24.7 Å². The molecule has 0 aliphatic carbocycles. The molecule has 0 saturated carbocycles. The third kappa shape index (κ3) is 7.49. The molecule has 1 N–H and O–H groups in total. The number of benzene rings is 1. The lowest BCUT2D eigenvalue weighted by Crippen LogP contribution is -2.47. The third-order valence-electron chi connectivity index (χ3n) is 3.53. The average molecular weight is 335 g/mol. The fourth-order valence-electron chi connectivity index (χ4n) is 2.64. The predicted octanol–water partition coefficient (Wildman–Crippen LogP) is 3.92. The van der Waals surface area contributed by atoms with Crippen LogP contribution in [0, 0.1) is 11.3 Å². The van der Waals surface area contributed by atoms with Crippen LogP contribution in [0.3, 0.4) is 0 Å². The molecular formula is C19H29NO4. The highest BCUT2D eigenvalue weighted by molar-refractivity contribution is 5.81. The largest absolute Gasteiger partial charge is 0.464 e. The van der Waals surface area contributed by atoms with Crippen molar-refractivity contribution in [1.82, 2.24) is 5.32 Å². The van der Waals surface area contributed by atoms with E-state index in [1.165, 1.54) is 0 Å². The van der Waals surface area contributed by atoms with Gasteiger partial charge in [-0.2, -0.15) is 0 Å². The van der Waals surface area contributed by atoms with Crippen LogP contribution < -0.4 is 5.32 Å². The summed E-state index contributed by atoms with van der Waals surface area (Å²) in [7, 11) is 0. The van der Waals surface area contributed by atoms with E-state index in [2.05, 4.69) is 26.1 Å². The van der Waals surface area contributed by atoms with Crippen molar-refractivity contribution in [1.29, 1.82) is 0 Å². The van der Waals surface area contributed by atoms with Crippen LogP contribution in [0.25, 0.3) is 0 Å². The Morgan fingerprint density at radius 1 is 1.12 bits per heavy atom. The van der Waals surface area contributed by atoms with E-state index in [9.17, 15) is 9.59 Å². The fourth-order valence-corrected chi connectivity index (χ4v) is 2.64. The van der Waals surface area contributed by atoms with Gasteiger partial charge in [0.15, 0.2) is 0 Å². The number of rotatable bonds is 7. The molecule has 0 spiro atoms. The van der Waals surface area contributed by atoms with Crippen LogP contribution in [0.4, 0.5) is 4.79 Å². The summed E-state index contributed by atoms with van der Waals surface area (Å²) in [5, 5.41) is 2.66. The zero-order valence-electron chi connectivity index (χ0n) is 15.3. The minimum Gasteiger partial charge on any atom is -0.464 e. The van der Waals surface area contributed by atoms with Crippen molar-refractivity contribution in [2.75, 3.05) is 6.61 Å². The van der Waals surface area contributed by atoms with Crippen molar-refractivity contribution >= 4 is 12.1 Å². The van der Waals surface area contributed by atoms with Crippen molar-refractivity contribution < 1.29 is 19.1 Å². The number of esters is 1. The Hall–Kier alpha value is -2.04. The number of alkyl carbamates (subject to hydrolysis) is 1. The maximum absolute atomic E-state index is 12.2. The molecule has 5 heteroatoms. The van der Waals surface area contributed by atoms with Gasteiger partial charge in [-0.15, -0.1) is 0 Å². The Kier molecular flexibility index (Phi) is 7.75. The Labute approximate surface area is 144 Å². The summed E-state index contributed by atoms with van der Waals surface area (Å²) in [5.74, 6) is -0.487. The first-order valence-corrected chi connectivity index (χ1v) is 8.37. The van der Waals surface area contributed by atoms with Crippen LogP contribution in [0.5, 0.6) is 0 Å². The van der Waals surface area contributed by atoms with Crippen molar-refractivity contribution in [2.24, 2.45) is 11.3 Å². The number of ether oxygens (including phenoxy) is 2. The Morgan fingerprint density at radius 3 is 2.29 bits per heavy atom. The van der Waals surface area contributed by atoms with Gasteiger partial charge in [-0.25, -0.2) is 9.59 Å². The van der Waals surface area contributed by atoms with Gasteiger partial charge >= 0.3 is 12.1 Å². The Bertz CT molecular complexity index is 522. The summed E-state index contributed by atoms with van der Waals surface area (Å²) in [6.07, 6.45) is 0.160. The maximum atomic E-state index is 12.2. The molecule has 5 nitrogen and oxygen atoms in total. The van der Waals surface area contributed by atoms with E-state index in [0.717, 1.165) is 12.0 Å². The Balaban J connectivity index is 2.65. The average Bonchev–Trinajstić information content (AvgIpc) is 2.50. The monoisotopic (exact) mass is 335 g/mol. The van der Waals surface area contributed by atoms with E-state index in [0.29, 0.717) is 0 Å². The van der Waals surface area contributed by atoms with Gasteiger partial charge in [-0.3, -0.25) is 0 Å². The second-order valence-corrected chi connectivity index (χ2v) is 7.18. The van der Waals surface area contributed by atoms with Crippen molar-refractivity contribution in [3.8, 4) is 0 Å². The number of amides is 1. The minimum absolute atomic E-state index is 0.0415. The van der Waals surface area contributed by atoms with E-state index < -0.39 is 18.1 Å². The zero-order chi connectivity index (χ0) is 18.2. The molecule has 1 aromatic rings. The highest BCUT2D eigenvalue weighted by Crippen LogP contribution is 2.26. The molecule has 134 valence electrons. The number of carbonyl (C=O) groups is 2. The Morgan fingerprint density at radius 2 is 1.75 bits per heavy atom. The van der Waals surface area contributed by atoms with Crippen molar-refractivity contribution in [3.63, 3.8) is 0 Å². The van der Waals surface area contributed by atoms with E-state index in [1.54, 1.807) is 6.92 Å². The van der Waals surface area contributed by atoms with Gasteiger partial charge in [0.05, 0.1) is 6.61 Å². The molecule has 0 bridgehead atoms. The molecule has 0 saturated heterocycles. The van der Waals surface area contributed by atoms with Crippen LogP contribution in [0.15, 0.2) is 30.3 Å². The summed E-state index contributed by atoms with van der Waals surface area (Å²) in [6, 6.07) is 8.69. The van der Waals surface area contributed by atoms with Crippen LogP contribution >= 0.6 is 0 Å². The van der Waals surface area contributed by atoms with Gasteiger partial charge in [-0.05, 0) is 30.2 Å². The summed E-state index contributed by atoms with van der Waals surface area (Å²) in [5.41, 5.74) is 0.933.